The van der Waals surface area contributed by atoms with Crippen LogP contribution in [0.1, 0.15) is 18.9 Å². The highest BCUT2D eigenvalue weighted by molar-refractivity contribution is 5.64. The monoisotopic (exact) mass is 287 g/mol. The number of nitrogens with zero attached hydrogens (tertiary/aromatic N) is 3. The molecule has 1 aromatic rings. The van der Waals surface area contributed by atoms with Crippen LogP contribution in [0.15, 0.2) is 18.2 Å². The third-order valence-corrected chi connectivity index (χ3v) is 2.93. The second kappa shape index (κ2) is 5.77. The fraction of sp³-hybridized carbons (Fsp3) is 0.417. The van der Waals surface area contributed by atoms with Crippen molar-refractivity contribution in [2.75, 3.05) is 11.9 Å². The van der Waals surface area contributed by atoms with Gasteiger partial charge in [0.25, 0.3) is 5.69 Å². The molecule has 0 N–H and O–H groups in total. The summed E-state index contributed by atoms with van der Waals surface area (Å²) in [6.45, 7) is 1.66. The Bertz CT molecular complexity index is 552. The normalized spacial score (nSPS) is 12.6. The fourth-order valence-corrected chi connectivity index (χ4v) is 1.65. The van der Waals surface area contributed by atoms with Crippen molar-refractivity contribution in [2.45, 2.75) is 25.6 Å². The SMILES string of the molecule is CC(CC#N)N(C)c1ccc(C(F)(F)F)cc1[N+](=O)[O-]. The summed E-state index contributed by atoms with van der Waals surface area (Å²) in [5, 5.41) is 19.5. The predicted octanol–water partition coefficient (Wildman–Crippen LogP) is 3.35. The molecule has 5 nitrogen and oxygen atoms in total. The number of halogens is 3. The van der Waals surface area contributed by atoms with Crippen molar-refractivity contribution in [1.29, 1.82) is 5.26 Å². The molecule has 0 saturated heterocycles. The molecular formula is C12H12F3N3O2. The molecule has 0 bridgehead atoms. The van der Waals surface area contributed by atoms with E-state index in [1.54, 1.807) is 6.92 Å². The Morgan fingerprint density at radius 2 is 2.10 bits per heavy atom. The van der Waals surface area contributed by atoms with Gasteiger partial charge in [0.15, 0.2) is 0 Å². The van der Waals surface area contributed by atoms with Crippen LogP contribution in [0, 0.1) is 21.4 Å². The quantitative estimate of drug-likeness (QED) is 0.629. The van der Waals surface area contributed by atoms with Crippen LogP contribution in [0.25, 0.3) is 0 Å². The van der Waals surface area contributed by atoms with E-state index in [-0.39, 0.29) is 18.2 Å². The van der Waals surface area contributed by atoms with E-state index >= 15 is 0 Å². The van der Waals surface area contributed by atoms with Gasteiger partial charge in [-0.2, -0.15) is 18.4 Å². The maximum atomic E-state index is 12.6. The summed E-state index contributed by atoms with van der Waals surface area (Å²) >= 11 is 0. The first-order chi connectivity index (χ1) is 9.18. The van der Waals surface area contributed by atoms with Gasteiger partial charge in [0.1, 0.15) is 5.69 Å². The van der Waals surface area contributed by atoms with Gasteiger partial charge in [0, 0.05) is 19.2 Å². The van der Waals surface area contributed by atoms with Gasteiger partial charge >= 0.3 is 6.18 Å². The Labute approximate surface area is 113 Å². The minimum atomic E-state index is -4.64. The van der Waals surface area contributed by atoms with Crippen molar-refractivity contribution in [3.05, 3.63) is 33.9 Å². The van der Waals surface area contributed by atoms with Crippen LogP contribution in [0.4, 0.5) is 24.5 Å². The first-order valence-electron chi connectivity index (χ1n) is 5.64. The number of rotatable bonds is 4. The zero-order valence-electron chi connectivity index (χ0n) is 10.8. The molecule has 0 aliphatic rings. The molecule has 0 saturated carbocycles. The topological polar surface area (TPSA) is 70.2 Å². The second-order valence-corrected chi connectivity index (χ2v) is 4.28. The lowest BCUT2D eigenvalue weighted by Crippen LogP contribution is -2.29. The van der Waals surface area contributed by atoms with E-state index < -0.39 is 22.4 Å². The Balaban J connectivity index is 3.28. The molecule has 1 unspecified atom stereocenters. The second-order valence-electron chi connectivity index (χ2n) is 4.28. The van der Waals surface area contributed by atoms with Crippen LogP contribution < -0.4 is 4.90 Å². The number of anilines is 1. The van der Waals surface area contributed by atoms with Crippen LogP contribution >= 0.6 is 0 Å². The first kappa shape index (κ1) is 15.8. The number of hydrogen-bond donors (Lipinski definition) is 0. The minimum absolute atomic E-state index is 0.0470. The van der Waals surface area contributed by atoms with Gasteiger partial charge in [0.05, 0.1) is 23.0 Å². The van der Waals surface area contributed by atoms with Gasteiger partial charge in [-0.05, 0) is 19.1 Å². The molecule has 0 aromatic heterocycles. The molecule has 0 aliphatic carbocycles. The molecule has 0 radical (unpaired) electrons. The first-order valence-corrected chi connectivity index (χ1v) is 5.64. The molecule has 8 heteroatoms. The average Bonchev–Trinajstić information content (AvgIpc) is 2.36. The van der Waals surface area contributed by atoms with Crippen LogP contribution in [0.2, 0.25) is 0 Å². The summed E-state index contributed by atoms with van der Waals surface area (Å²) in [6.07, 6.45) is -4.53. The summed E-state index contributed by atoms with van der Waals surface area (Å²) in [7, 11) is 1.50. The van der Waals surface area contributed by atoms with Crippen molar-refractivity contribution >= 4 is 11.4 Å². The molecule has 1 rings (SSSR count). The largest absolute Gasteiger partial charge is 0.416 e. The Morgan fingerprint density at radius 1 is 1.50 bits per heavy atom. The Kier molecular flexibility index (Phi) is 4.55. The van der Waals surface area contributed by atoms with Crippen LogP contribution in [-0.4, -0.2) is 18.0 Å². The van der Waals surface area contributed by atoms with E-state index in [0.29, 0.717) is 6.07 Å². The summed E-state index contributed by atoms with van der Waals surface area (Å²) in [4.78, 5) is 11.5. The third kappa shape index (κ3) is 3.38. The molecule has 0 aliphatic heterocycles. The summed E-state index contributed by atoms with van der Waals surface area (Å²) in [5.41, 5.74) is -1.66. The number of nitro benzene ring substituents is 1. The van der Waals surface area contributed by atoms with Crippen molar-refractivity contribution in [1.82, 2.24) is 0 Å². The molecule has 0 spiro atoms. The summed E-state index contributed by atoms with van der Waals surface area (Å²) < 4.78 is 37.7. The van der Waals surface area contributed by atoms with Gasteiger partial charge in [-0.3, -0.25) is 10.1 Å². The number of hydrogen-bond acceptors (Lipinski definition) is 4. The average molecular weight is 287 g/mol. The lowest BCUT2D eigenvalue weighted by atomic mass is 10.1. The highest BCUT2D eigenvalue weighted by Gasteiger charge is 2.33. The van der Waals surface area contributed by atoms with E-state index in [1.807, 2.05) is 6.07 Å². The van der Waals surface area contributed by atoms with Crippen molar-refractivity contribution < 1.29 is 18.1 Å². The number of nitriles is 1. The molecule has 108 valence electrons. The number of nitro groups is 1. The van der Waals surface area contributed by atoms with E-state index in [4.69, 9.17) is 5.26 Å². The van der Waals surface area contributed by atoms with Gasteiger partial charge in [-0.25, -0.2) is 0 Å². The highest BCUT2D eigenvalue weighted by atomic mass is 19.4. The molecule has 0 amide bonds. The Morgan fingerprint density at radius 3 is 2.55 bits per heavy atom. The predicted molar refractivity (Wildman–Crippen MR) is 66.2 cm³/mol. The summed E-state index contributed by atoms with van der Waals surface area (Å²) in [5.74, 6) is 0. The van der Waals surface area contributed by atoms with Gasteiger partial charge in [0.2, 0.25) is 0 Å². The smallest absolute Gasteiger partial charge is 0.365 e. The molecule has 1 aromatic carbocycles. The van der Waals surface area contributed by atoms with Crippen molar-refractivity contribution in [3.63, 3.8) is 0 Å². The number of benzene rings is 1. The van der Waals surface area contributed by atoms with E-state index in [0.717, 1.165) is 12.1 Å². The lowest BCUT2D eigenvalue weighted by molar-refractivity contribution is -0.384. The van der Waals surface area contributed by atoms with Gasteiger partial charge in [-0.15, -0.1) is 0 Å². The van der Waals surface area contributed by atoms with Crippen molar-refractivity contribution in [3.8, 4) is 6.07 Å². The van der Waals surface area contributed by atoms with Crippen LogP contribution in [0.3, 0.4) is 0 Å². The van der Waals surface area contributed by atoms with Crippen LogP contribution in [-0.2, 0) is 6.18 Å². The standard InChI is InChI=1S/C12H12F3N3O2/c1-8(5-6-16)17(2)10-4-3-9(12(13,14)15)7-11(10)18(19)20/h3-4,7-8H,5H2,1-2H3. The van der Waals surface area contributed by atoms with E-state index in [2.05, 4.69) is 0 Å². The van der Waals surface area contributed by atoms with E-state index in [9.17, 15) is 23.3 Å². The molecule has 1 atom stereocenters. The molecule has 0 heterocycles. The van der Waals surface area contributed by atoms with Crippen LogP contribution in [0.5, 0.6) is 0 Å². The van der Waals surface area contributed by atoms with Gasteiger partial charge < -0.3 is 4.90 Å². The molecule has 20 heavy (non-hydrogen) atoms. The minimum Gasteiger partial charge on any atom is -0.365 e. The Hall–Kier alpha value is -2.30. The van der Waals surface area contributed by atoms with E-state index in [1.165, 1.54) is 11.9 Å². The van der Waals surface area contributed by atoms with Gasteiger partial charge in [-0.1, -0.05) is 0 Å². The molecule has 0 fully saturated rings. The van der Waals surface area contributed by atoms with Crippen molar-refractivity contribution in [2.24, 2.45) is 0 Å². The lowest BCUT2D eigenvalue weighted by Gasteiger charge is -2.25. The fourth-order valence-electron chi connectivity index (χ4n) is 1.65. The molecular weight excluding hydrogens is 275 g/mol. The zero-order chi connectivity index (χ0) is 15.5. The maximum Gasteiger partial charge on any atom is 0.416 e. The maximum absolute atomic E-state index is 12.6. The number of alkyl halides is 3. The highest BCUT2D eigenvalue weighted by Crippen LogP contribution is 2.36. The third-order valence-electron chi connectivity index (χ3n) is 2.93. The summed E-state index contributed by atoms with van der Waals surface area (Å²) in [6, 6.07) is 3.90. The zero-order valence-corrected chi connectivity index (χ0v) is 10.8.